The van der Waals surface area contributed by atoms with Gasteiger partial charge >= 0.3 is 0 Å². The van der Waals surface area contributed by atoms with Crippen molar-refractivity contribution in [2.45, 2.75) is 31.4 Å². The maximum Gasteiger partial charge on any atom is 0.125 e. The van der Waals surface area contributed by atoms with E-state index in [-0.39, 0.29) is 0 Å². The smallest absolute Gasteiger partial charge is 0.125 e. The van der Waals surface area contributed by atoms with Crippen LogP contribution in [0.15, 0.2) is 18.3 Å². The van der Waals surface area contributed by atoms with E-state index in [1.54, 1.807) is 6.20 Å². The molecule has 4 nitrogen and oxygen atoms in total. The third-order valence-corrected chi connectivity index (χ3v) is 3.58. The van der Waals surface area contributed by atoms with Gasteiger partial charge in [0.15, 0.2) is 0 Å². The van der Waals surface area contributed by atoms with Gasteiger partial charge in [0.1, 0.15) is 5.82 Å². The molecule has 0 radical (unpaired) electrons. The van der Waals surface area contributed by atoms with Gasteiger partial charge in [-0.2, -0.15) is 0 Å². The van der Waals surface area contributed by atoms with Gasteiger partial charge in [0.2, 0.25) is 0 Å². The number of nitrogens with zero attached hydrogens (tertiary/aromatic N) is 2. The predicted octanol–water partition coefficient (Wildman–Crippen LogP) is 1.42. The summed E-state index contributed by atoms with van der Waals surface area (Å²) in [7, 11) is 0. The van der Waals surface area contributed by atoms with E-state index in [1.165, 1.54) is 24.9 Å². The first kappa shape index (κ1) is 9.90. The fourth-order valence-electron chi connectivity index (χ4n) is 2.86. The van der Waals surface area contributed by atoms with Crippen LogP contribution in [0, 0.1) is 0 Å². The first-order valence-corrected chi connectivity index (χ1v) is 5.94. The Labute approximate surface area is 95.4 Å². The highest BCUT2D eigenvalue weighted by molar-refractivity contribution is 5.53. The second-order valence-electron chi connectivity index (χ2n) is 4.54. The van der Waals surface area contributed by atoms with E-state index in [0.717, 1.165) is 13.2 Å². The maximum absolute atomic E-state index is 5.80. The summed E-state index contributed by atoms with van der Waals surface area (Å²) in [5, 5.41) is 0. The fraction of sp³-hybridized carbons (Fsp3) is 0.583. The van der Waals surface area contributed by atoms with Crippen molar-refractivity contribution in [3.05, 3.63) is 18.3 Å². The molecule has 86 valence electrons. The van der Waals surface area contributed by atoms with Crippen molar-refractivity contribution < 1.29 is 4.74 Å². The third-order valence-electron chi connectivity index (χ3n) is 3.58. The third kappa shape index (κ3) is 1.63. The molecule has 1 aliphatic carbocycles. The number of aromatic nitrogens is 1. The summed E-state index contributed by atoms with van der Waals surface area (Å²) < 4.78 is 5.80. The van der Waals surface area contributed by atoms with Crippen molar-refractivity contribution in [3.63, 3.8) is 0 Å². The molecule has 0 spiro atoms. The highest BCUT2D eigenvalue weighted by atomic mass is 16.5. The molecule has 0 aromatic carbocycles. The van der Waals surface area contributed by atoms with Crippen LogP contribution >= 0.6 is 0 Å². The molecule has 0 amide bonds. The Hall–Kier alpha value is -1.29. The first-order valence-electron chi connectivity index (χ1n) is 5.94. The number of fused-ring (bicyclic) bond motifs is 1. The Morgan fingerprint density at radius 3 is 3.25 bits per heavy atom. The Morgan fingerprint density at radius 2 is 2.38 bits per heavy atom. The molecule has 1 aliphatic heterocycles. The van der Waals surface area contributed by atoms with E-state index < -0.39 is 0 Å². The number of nitrogens with two attached hydrogens (primary N) is 1. The van der Waals surface area contributed by atoms with Crippen LogP contribution in [0.4, 0.5) is 11.5 Å². The van der Waals surface area contributed by atoms with E-state index >= 15 is 0 Å². The average molecular weight is 219 g/mol. The topological polar surface area (TPSA) is 51.4 Å². The molecule has 0 bridgehead atoms. The van der Waals surface area contributed by atoms with Crippen molar-refractivity contribution >= 4 is 11.5 Å². The highest BCUT2D eigenvalue weighted by Crippen LogP contribution is 2.33. The maximum atomic E-state index is 5.80. The lowest BCUT2D eigenvalue weighted by Crippen LogP contribution is -2.48. The van der Waals surface area contributed by atoms with Gasteiger partial charge in [-0.1, -0.05) is 0 Å². The number of hydrogen-bond acceptors (Lipinski definition) is 4. The van der Waals surface area contributed by atoms with Gasteiger partial charge in [-0.3, -0.25) is 0 Å². The van der Waals surface area contributed by atoms with Crippen LogP contribution in [-0.4, -0.2) is 30.3 Å². The summed E-state index contributed by atoms with van der Waals surface area (Å²) >= 11 is 0. The van der Waals surface area contributed by atoms with Crippen LogP contribution in [0.3, 0.4) is 0 Å². The number of rotatable bonds is 1. The van der Waals surface area contributed by atoms with Crippen LogP contribution in [0.25, 0.3) is 0 Å². The zero-order valence-corrected chi connectivity index (χ0v) is 9.30. The van der Waals surface area contributed by atoms with Crippen LogP contribution in [0.5, 0.6) is 0 Å². The molecule has 2 unspecified atom stereocenters. The van der Waals surface area contributed by atoms with Gasteiger partial charge in [0, 0.05) is 24.5 Å². The van der Waals surface area contributed by atoms with Crippen LogP contribution < -0.4 is 10.6 Å². The molecule has 3 rings (SSSR count). The summed E-state index contributed by atoms with van der Waals surface area (Å²) in [5.41, 5.74) is 6.92. The van der Waals surface area contributed by atoms with Gasteiger partial charge in [-0.05, 0) is 25.3 Å². The highest BCUT2D eigenvalue weighted by Gasteiger charge is 2.36. The molecule has 1 saturated carbocycles. The molecule has 1 aromatic rings. The molecule has 2 atom stereocenters. The van der Waals surface area contributed by atoms with Crippen molar-refractivity contribution in [1.29, 1.82) is 0 Å². The second kappa shape index (κ2) is 3.94. The molecule has 2 heterocycles. The standard InChI is InChI=1S/C12H17N3O/c13-12-8-9(4-5-14-12)15-6-7-16-11-3-1-2-10(11)15/h4-5,8,10-11H,1-3,6-7H2,(H2,13,14). The zero-order chi connectivity index (χ0) is 11.0. The molecule has 4 heteroatoms. The van der Waals surface area contributed by atoms with Crippen LogP contribution in [-0.2, 0) is 4.74 Å². The minimum Gasteiger partial charge on any atom is -0.384 e. The number of nitrogen functional groups attached to an aromatic ring is 1. The van der Waals surface area contributed by atoms with Gasteiger partial charge < -0.3 is 15.4 Å². The molecule has 16 heavy (non-hydrogen) atoms. The lowest BCUT2D eigenvalue weighted by Gasteiger charge is -2.39. The summed E-state index contributed by atoms with van der Waals surface area (Å²) in [5.74, 6) is 0.596. The summed E-state index contributed by atoms with van der Waals surface area (Å²) in [6.07, 6.45) is 5.90. The quantitative estimate of drug-likeness (QED) is 0.776. The normalized spacial score (nSPS) is 29.1. The minimum atomic E-state index is 0.420. The molecular formula is C12H17N3O. The number of ether oxygens (including phenoxy) is 1. The molecule has 2 fully saturated rings. The van der Waals surface area contributed by atoms with Crippen LogP contribution in [0.1, 0.15) is 19.3 Å². The minimum absolute atomic E-state index is 0.420. The van der Waals surface area contributed by atoms with Crippen LogP contribution in [0.2, 0.25) is 0 Å². The Bertz CT molecular complexity index is 382. The lowest BCUT2D eigenvalue weighted by molar-refractivity contribution is 0.0256. The second-order valence-corrected chi connectivity index (χ2v) is 4.54. The van der Waals surface area contributed by atoms with Crippen molar-refractivity contribution in [1.82, 2.24) is 4.98 Å². The molecule has 2 aliphatic rings. The zero-order valence-electron chi connectivity index (χ0n) is 9.30. The number of anilines is 2. The van der Waals surface area contributed by atoms with Gasteiger partial charge in [0.25, 0.3) is 0 Å². The SMILES string of the molecule is Nc1cc(N2CCOC3CCCC32)ccn1. The molecule has 2 N–H and O–H groups in total. The van der Waals surface area contributed by atoms with Crippen molar-refractivity contribution in [3.8, 4) is 0 Å². The number of pyridine rings is 1. The Balaban J connectivity index is 1.88. The summed E-state index contributed by atoms with van der Waals surface area (Å²) in [6, 6.07) is 4.54. The van der Waals surface area contributed by atoms with Crippen molar-refractivity contribution in [2.75, 3.05) is 23.8 Å². The van der Waals surface area contributed by atoms with E-state index in [9.17, 15) is 0 Å². The van der Waals surface area contributed by atoms with E-state index in [4.69, 9.17) is 10.5 Å². The largest absolute Gasteiger partial charge is 0.384 e. The van der Waals surface area contributed by atoms with E-state index in [0.29, 0.717) is 18.0 Å². The van der Waals surface area contributed by atoms with Gasteiger partial charge in [-0.15, -0.1) is 0 Å². The van der Waals surface area contributed by atoms with Gasteiger partial charge in [-0.25, -0.2) is 4.98 Å². The molecule has 1 aromatic heterocycles. The summed E-state index contributed by atoms with van der Waals surface area (Å²) in [4.78, 5) is 6.47. The van der Waals surface area contributed by atoms with E-state index in [1.807, 2.05) is 12.1 Å². The van der Waals surface area contributed by atoms with Gasteiger partial charge in [0.05, 0.1) is 18.8 Å². The first-order chi connectivity index (χ1) is 7.84. The fourth-order valence-corrected chi connectivity index (χ4v) is 2.86. The Kier molecular flexibility index (Phi) is 2.44. The summed E-state index contributed by atoms with van der Waals surface area (Å²) in [6.45, 7) is 1.79. The van der Waals surface area contributed by atoms with Crippen molar-refractivity contribution in [2.24, 2.45) is 0 Å². The van der Waals surface area contributed by atoms with E-state index in [2.05, 4.69) is 9.88 Å². The predicted molar refractivity (Wildman–Crippen MR) is 63.4 cm³/mol. The monoisotopic (exact) mass is 219 g/mol. The number of hydrogen-bond donors (Lipinski definition) is 1. The Morgan fingerprint density at radius 1 is 1.44 bits per heavy atom. The average Bonchev–Trinajstić information content (AvgIpc) is 2.76. The lowest BCUT2D eigenvalue weighted by atomic mass is 10.1. The molecular weight excluding hydrogens is 202 g/mol. The molecule has 1 saturated heterocycles. The number of morpholine rings is 1.